The summed E-state index contributed by atoms with van der Waals surface area (Å²) >= 11 is 0. The zero-order chi connectivity index (χ0) is 19.0. The molecule has 0 radical (unpaired) electrons. The molecule has 2 aliphatic heterocycles. The molecule has 4 rings (SSSR count). The molecule has 27 heavy (non-hydrogen) atoms. The van der Waals surface area contributed by atoms with E-state index in [0.29, 0.717) is 36.0 Å². The van der Waals surface area contributed by atoms with Gasteiger partial charge in [0.25, 0.3) is 5.91 Å². The van der Waals surface area contributed by atoms with Crippen LogP contribution >= 0.6 is 0 Å². The molecule has 1 aromatic heterocycles. The number of H-pyrrole nitrogens is 1. The van der Waals surface area contributed by atoms with Crippen LogP contribution in [0, 0.1) is 0 Å². The van der Waals surface area contributed by atoms with Crippen LogP contribution in [0.1, 0.15) is 29.4 Å². The number of carbonyl (C=O) groups is 3. The molecule has 0 spiro atoms. The maximum atomic E-state index is 13.0. The Morgan fingerprint density at radius 3 is 2.70 bits per heavy atom. The fourth-order valence-corrected chi connectivity index (χ4v) is 3.24. The number of imide groups is 1. The number of hydrogen-bond donors (Lipinski definition) is 2. The van der Waals surface area contributed by atoms with E-state index >= 15 is 0 Å². The number of nitrogens with one attached hydrogen (secondary N) is 2. The highest BCUT2D eigenvalue weighted by Crippen LogP contribution is 2.36. The number of fused-ring (bicyclic) bond motifs is 1. The van der Waals surface area contributed by atoms with E-state index in [1.54, 1.807) is 43.5 Å². The molecule has 8 nitrogen and oxygen atoms in total. The quantitative estimate of drug-likeness (QED) is 0.632. The Morgan fingerprint density at radius 1 is 1.19 bits per heavy atom. The summed E-state index contributed by atoms with van der Waals surface area (Å²) in [5, 5.41) is 2.70. The number of rotatable bonds is 4. The van der Waals surface area contributed by atoms with Gasteiger partial charge in [0.05, 0.1) is 25.5 Å². The summed E-state index contributed by atoms with van der Waals surface area (Å²) in [7, 11) is 0. The second-order valence-corrected chi connectivity index (χ2v) is 6.67. The molecule has 2 N–H and O–H groups in total. The minimum atomic E-state index is -1.28. The van der Waals surface area contributed by atoms with Crippen molar-refractivity contribution in [2.24, 2.45) is 0 Å². The lowest BCUT2D eigenvalue weighted by molar-refractivity contribution is -0.130. The van der Waals surface area contributed by atoms with Gasteiger partial charge in [-0.25, -0.2) is 4.79 Å². The number of benzene rings is 1. The van der Waals surface area contributed by atoms with Crippen molar-refractivity contribution in [3.05, 3.63) is 47.8 Å². The monoisotopic (exact) mass is 369 g/mol. The first-order valence-electron chi connectivity index (χ1n) is 8.70. The number of Topliss-reactive ketones (excluding diaryl/α,β-unsaturated/α-hetero) is 1. The van der Waals surface area contributed by atoms with Gasteiger partial charge in [-0.15, -0.1) is 0 Å². The first kappa shape index (κ1) is 17.1. The maximum Gasteiger partial charge on any atom is 0.325 e. The second-order valence-electron chi connectivity index (χ2n) is 6.67. The van der Waals surface area contributed by atoms with Gasteiger partial charge in [0.2, 0.25) is 0 Å². The number of aromatic nitrogens is 1. The Balaban J connectivity index is 1.60. The molecule has 0 saturated carbocycles. The second kappa shape index (κ2) is 6.46. The average Bonchev–Trinajstić information content (AvgIpc) is 3.18. The third-order valence-electron chi connectivity index (χ3n) is 4.80. The Kier molecular flexibility index (Phi) is 4.10. The van der Waals surface area contributed by atoms with Crippen molar-refractivity contribution in [3.63, 3.8) is 0 Å². The summed E-state index contributed by atoms with van der Waals surface area (Å²) < 4.78 is 11.3. The van der Waals surface area contributed by atoms with Crippen molar-refractivity contribution in [1.82, 2.24) is 15.2 Å². The van der Waals surface area contributed by atoms with Gasteiger partial charge in [-0.3, -0.25) is 14.5 Å². The summed E-state index contributed by atoms with van der Waals surface area (Å²) in [5.41, 5.74) is -0.364. The number of ether oxygens (including phenoxy) is 2. The molecule has 140 valence electrons. The number of carbonyl (C=O) groups excluding carboxylic acids is 3. The summed E-state index contributed by atoms with van der Waals surface area (Å²) in [6.45, 7) is 2.37. The van der Waals surface area contributed by atoms with Crippen LogP contribution in [0.5, 0.6) is 11.5 Å². The van der Waals surface area contributed by atoms with Crippen LogP contribution in [-0.4, -0.2) is 47.4 Å². The van der Waals surface area contributed by atoms with Gasteiger partial charge in [0, 0.05) is 12.6 Å². The zero-order valence-electron chi connectivity index (χ0n) is 14.8. The van der Waals surface area contributed by atoms with Gasteiger partial charge in [-0.05, 0) is 36.8 Å². The Hall–Kier alpha value is -3.29. The Morgan fingerprint density at radius 2 is 1.96 bits per heavy atom. The lowest BCUT2D eigenvalue weighted by atomic mass is 9.91. The molecule has 0 unspecified atom stereocenters. The lowest BCUT2D eigenvalue weighted by Gasteiger charge is -2.23. The highest BCUT2D eigenvalue weighted by molar-refractivity contribution is 6.11. The highest BCUT2D eigenvalue weighted by atomic mass is 16.5. The average molecular weight is 369 g/mol. The molecule has 1 atom stereocenters. The summed E-state index contributed by atoms with van der Waals surface area (Å²) in [6.07, 6.45) is 2.38. The fraction of sp³-hybridized carbons (Fsp3) is 0.316. The lowest BCUT2D eigenvalue weighted by Crippen LogP contribution is -2.41. The molecule has 3 amide bonds. The smallest absolute Gasteiger partial charge is 0.325 e. The van der Waals surface area contributed by atoms with Crippen LogP contribution in [0.3, 0.4) is 0 Å². The minimum Gasteiger partial charge on any atom is -0.490 e. The molecule has 8 heteroatoms. The SMILES string of the molecule is C[C@]1(c2ccc3c(c2)OCCCO3)NC(=O)N(CC(=O)c2ccc[nH]2)C1=O. The van der Waals surface area contributed by atoms with E-state index in [1.807, 2.05) is 0 Å². The van der Waals surface area contributed by atoms with Gasteiger partial charge in [-0.2, -0.15) is 0 Å². The van der Waals surface area contributed by atoms with Gasteiger partial charge in [0.15, 0.2) is 17.3 Å². The molecule has 2 aliphatic rings. The van der Waals surface area contributed by atoms with E-state index in [-0.39, 0.29) is 12.3 Å². The van der Waals surface area contributed by atoms with Crippen LogP contribution in [0.15, 0.2) is 36.5 Å². The largest absolute Gasteiger partial charge is 0.490 e. The molecular weight excluding hydrogens is 350 g/mol. The van der Waals surface area contributed by atoms with Crippen LogP contribution in [0.25, 0.3) is 0 Å². The molecular formula is C19H19N3O5. The maximum absolute atomic E-state index is 13.0. The normalized spacial score (nSPS) is 21.7. The van der Waals surface area contributed by atoms with Crippen molar-refractivity contribution in [2.45, 2.75) is 18.9 Å². The minimum absolute atomic E-state index is 0.328. The van der Waals surface area contributed by atoms with Crippen molar-refractivity contribution >= 4 is 17.7 Å². The first-order chi connectivity index (χ1) is 13.0. The molecule has 3 heterocycles. The fourth-order valence-electron chi connectivity index (χ4n) is 3.24. The molecule has 0 bridgehead atoms. The van der Waals surface area contributed by atoms with Crippen molar-refractivity contribution in [2.75, 3.05) is 19.8 Å². The van der Waals surface area contributed by atoms with Crippen LogP contribution < -0.4 is 14.8 Å². The molecule has 2 aromatic rings. The van der Waals surface area contributed by atoms with Gasteiger partial charge < -0.3 is 19.8 Å². The number of urea groups is 1. The zero-order valence-corrected chi connectivity index (χ0v) is 14.8. The highest BCUT2D eigenvalue weighted by Gasteiger charge is 2.49. The topological polar surface area (TPSA) is 101 Å². The summed E-state index contributed by atoms with van der Waals surface area (Å²) in [5.74, 6) is 0.317. The number of ketones is 1. The molecule has 0 aliphatic carbocycles. The molecule has 1 fully saturated rings. The van der Waals surface area contributed by atoms with E-state index in [9.17, 15) is 14.4 Å². The van der Waals surface area contributed by atoms with E-state index < -0.39 is 17.5 Å². The standard InChI is InChI=1S/C19H19N3O5/c1-19(12-5-6-15-16(10-12)27-9-3-8-26-15)17(24)22(18(25)21-19)11-14(23)13-4-2-7-20-13/h2,4-7,10,20H,3,8-9,11H2,1H3,(H,21,25)/t19-/m1/s1. The number of amides is 3. The van der Waals surface area contributed by atoms with Gasteiger partial charge in [0.1, 0.15) is 5.54 Å². The van der Waals surface area contributed by atoms with Gasteiger partial charge >= 0.3 is 6.03 Å². The van der Waals surface area contributed by atoms with E-state index in [1.165, 1.54) is 0 Å². The van der Waals surface area contributed by atoms with Crippen molar-refractivity contribution in [3.8, 4) is 11.5 Å². The molecule has 1 saturated heterocycles. The van der Waals surface area contributed by atoms with Crippen LogP contribution in [0.2, 0.25) is 0 Å². The van der Waals surface area contributed by atoms with Crippen molar-refractivity contribution < 1.29 is 23.9 Å². The third-order valence-corrected chi connectivity index (χ3v) is 4.80. The number of aromatic amines is 1. The summed E-state index contributed by atoms with van der Waals surface area (Å²) in [4.78, 5) is 41.4. The predicted molar refractivity (Wildman–Crippen MR) is 94.8 cm³/mol. The van der Waals surface area contributed by atoms with Crippen LogP contribution in [0.4, 0.5) is 4.79 Å². The number of hydrogen-bond acceptors (Lipinski definition) is 5. The third kappa shape index (κ3) is 2.92. The summed E-state index contributed by atoms with van der Waals surface area (Å²) in [6, 6.07) is 7.84. The van der Waals surface area contributed by atoms with Crippen LogP contribution in [-0.2, 0) is 10.3 Å². The van der Waals surface area contributed by atoms with E-state index in [2.05, 4.69) is 10.3 Å². The Bertz CT molecular complexity index is 908. The van der Waals surface area contributed by atoms with E-state index in [4.69, 9.17) is 9.47 Å². The predicted octanol–water partition coefficient (Wildman–Crippen LogP) is 1.83. The van der Waals surface area contributed by atoms with E-state index in [0.717, 1.165) is 11.3 Å². The Labute approximate surface area is 155 Å². The first-order valence-corrected chi connectivity index (χ1v) is 8.70. The van der Waals surface area contributed by atoms with Crippen molar-refractivity contribution in [1.29, 1.82) is 0 Å². The van der Waals surface area contributed by atoms with Gasteiger partial charge in [-0.1, -0.05) is 6.07 Å². The molecule has 1 aromatic carbocycles. The number of nitrogens with zero attached hydrogens (tertiary/aromatic N) is 1.